The smallest absolute Gasteiger partial charge is 0.307 e. The maximum absolute atomic E-state index is 11.8. The fourth-order valence-corrected chi connectivity index (χ4v) is 1.83. The number of hydrogen-bond acceptors (Lipinski definition) is 3. The quantitative estimate of drug-likeness (QED) is 0.751. The van der Waals surface area contributed by atoms with Gasteiger partial charge in [0.25, 0.3) is 0 Å². The van der Waals surface area contributed by atoms with Crippen LogP contribution in [0.5, 0.6) is 5.75 Å². The van der Waals surface area contributed by atoms with Gasteiger partial charge in [0, 0.05) is 6.42 Å². The van der Waals surface area contributed by atoms with Crippen LogP contribution in [-0.2, 0) is 9.59 Å². The van der Waals surface area contributed by atoms with Gasteiger partial charge in [-0.3, -0.25) is 9.59 Å². The molecule has 20 heavy (non-hydrogen) atoms. The fourth-order valence-electron chi connectivity index (χ4n) is 1.83. The second kappa shape index (κ2) is 7.53. The van der Waals surface area contributed by atoms with Gasteiger partial charge in [-0.2, -0.15) is 0 Å². The van der Waals surface area contributed by atoms with E-state index >= 15 is 0 Å². The summed E-state index contributed by atoms with van der Waals surface area (Å²) in [6.45, 7) is 5.28. The second-order valence-electron chi connectivity index (χ2n) is 5.03. The van der Waals surface area contributed by atoms with Crippen molar-refractivity contribution in [3.05, 3.63) is 30.3 Å². The highest BCUT2D eigenvalue weighted by Gasteiger charge is 2.25. The molecule has 0 spiro atoms. The Morgan fingerprint density at radius 1 is 1.20 bits per heavy atom. The Hall–Kier alpha value is -2.04. The zero-order valence-corrected chi connectivity index (χ0v) is 12.0. The van der Waals surface area contributed by atoms with Crippen molar-refractivity contribution < 1.29 is 19.4 Å². The lowest BCUT2D eigenvalue weighted by molar-refractivity contribution is -0.146. The predicted octanol–water partition coefficient (Wildman–Crippen LogP) is 2.27. The summed E-state index contributed by atoms with van der Waals surface area (Å²) in [5, 5.41) is 11.7. The van der Waals surface area contributed by atoms with E-state index in [1.54, 1.807) is 32.9 Å². The normalized spacial score (nSPS) is 13.6. The molecule has 1 aromatic carbocycles. The lowest BCUT2D eigenvalue weighted by Crippen LogP contribution is -2.39. The molecule has 1 amide bonds. The van der Waals surface area contributed by atoms with Gasteiger partial charge in [0.05, 0.1) is 5.92 Å². The van der Waals surface area contributed by atoms with E-state index in [2.05, 4.69) is 5.32 Å². The van der Waals surface area contributed by atoms with Crippen LogP contribution in [0.2, 0.25) is 0 Å². The van der Waals surface area contributed by atoms with Gasteiger partial charge in [-0.1, -0.05) is 32.0 Å². The van der Waals surface area contributed by atoms with Gasteiger partial charge in [-0.25, -0.2) is 0 Å². The van der Waals surface area contributed by atoms with Crippen molar-refractivity contribution >= 4 is 11.9 Å². The van der Waals surface area contributed by atoms with Crippen molar-refractivity contribution in [1.82, 2.24) is 5.32 Å². The summed E-state index contributed by atoms with van der Waals surface area (Å²) >= 11 is 0. The van der Waals surface area contributed by atoms with Crippen molar-refractivity contribution in [2.45, 2.75) is 33.4 Å². The average Bonchev–Trinajstić information content (AvgIpc) is 2.36. The highest BCUT2D eigenvalue weighted by Crippen LogP contribution is 2.16. The first-order valence-corrected chi connectivity index (χ1v) is 6.64. The summed E-state index contributed by atoms with van der Waals surface area (Å²) in [4.78, 5) is 22.9. The van der Waals surface area contributed by atoms with Gasteiger partial charge < -0.3 is 15.2 Å². The van der Waals surface area contributed by atoms with E-state index in [1.807, 2.05) is 18.2 Å². The molecular weight excluding hydrogens is 258 g/mol. The van der Waals surface area contributed by atoms with Gasteiger partial charge in [-0.15, -0.1) is 0 Å². The molecule has 0 aliphatic carbocycles. The highest BCUT2D eigenvalue weighted by molar-refractivity contribution is 5.82. The summed E-state index contributed by atoms with van der Waals surface area (Å²) < 4.78 is 5.51. The minimum absolute atomic E-state index is 0.0461. The lowest BCUT2D eigenvalue weighted by Gasteiger charge is -2.19. The van der Waals surface area contributed by atoms with E-state index in [4.69, 9.17) is 9.84 Å². The number of rotatable bonds is 7. The molecule has 0 saturated heterocycles. The zero-order valence-electron chi connectivity index (χ0n) is 12.0. The Morgan fingerprint density at radius 3 is 2.30 bits per heavy atom. The molecule has 0 bridgehead atoms. The fraction of sp³-hybridized carbons (Fsp3) is 0.467. The van der Waals surface area contributed by atoms with Crippen LogP contribution in [0.4, 0.5) is 0 Å². The second-order valence-corrected chi connectivity index (χ2v) is 5.03. The van der Waals surface area contributed by atoms with Crippen molar-refractivity contribution in [2.75, 3.05) is 0 Å². The van der Waals surface area contributed by atoms with Crippen molar-refractivity contribution in [3.8, 4) is 5.75 Å². The number of carbonyl (C=O) groups is 2. The van der Waals surface area contributed by atoms with Crippen LogP contribution in [-0.4, -0.2) is 23.2 Å². The molecule has 0 saturated carbocycles. The van der Waals surface area contributed by atoms with Gasteiger partial charge in [0.15, 0.2) is 6.23 Å². The molecule has 1 aromatic rings. The molecule has 1 rings (SSSR count). The number of ether oxygens (including phenoxy) is 1. The number of hydrogen-bond donors (Lipinski definition) is 2. The number of benzene rings is 1. The Labute approximate surface area is 118 Å². The molecule has 5 heteroatoms. The number of carboxylic acids is 1. The molecule has 0 unspecified atom stereocenters. The van der Waals surface area contributed by atoms with Crippen LogP contribution in [0.1, 0.15) is 27.2 Å². The number of carbonyl (C=O) groups excluding carboxylic acids is 1. The molecule has 2 N–H and O–H groups in total. The SMILES string of the molecule is CC(C)[C@H](CC(=O)N[C@H](C)Oc1ccccc1)C(=O)O. The standard InChI is InChI=1S/C15H21NO4/c1-10(2)13(15(18)19)9-14(17)16-11(3)20-12-7-5-4-6-8-12/h4-8,10-11,13H,9H2,1-3H3,(H,16,17)(H,18,19)/t11-,13-/m0/s1. The van der Waals surface area contributed by atoms with Crippen LogP contribution in [0.3, 0.4) is 0 Å². The Kier molecular flexibility index (Phi) is 6.03. The first-order valence-electron chi connectivity index (χ1n) is 6.64. The predicted molar refractivity (Wildman–Crippen MR) is 75.3 cm³/mol. The van der Waals surface area contributed by atoms with Crippen molar-refractivity contribution in [1.29, 1.82) is 0 Å². The highest BCUT2D eigenvalue weighted by atomic mass is 16.5. The maximum Gasteiger partial charge on any atom is 0.307 e. The molecule has 0 aliphatic rings. The topological polar surface area (TPSA) is 75.6 Å². The van der Waals surface area contributed by atoms with Gasteiger partial charge in [-0.05, 0) is 25.0 Å². The van der Waals surface area contributed by atoms with Crippen LogP contribution in [0.15, 0.2) is 30.3 Å². The number of aliphatic carboxylic acids is 1. The summed E-state index contributed by atoms with van der Waals surface area (Å²) in [6.07, 6.45) is -0.554. The monoisotopic (exact) mass is 279 g/mol. The molecule has 110 valence electrons. The van der Waals surface area contributed by atoms with Gasteiger partial charge in [0.2, 0.25) is 5.91 Å². The third kappa shape index (κ3) is 5.30. The third-order valence-corrected chi connectivity index (χ3v) is 2.95. The van der Waals surface area contributed by atoms with Crippen LogP contribution < -0.4 is 10.1 Å². The van der Waals surface area contributed by atoms with Crippen molar-refractivity contribution in [2.24, 2.45) is 11.8 Å². The van der Waals surface area contributed by atoms with Gasteiger partial charge in [0.1, 0.15) is 5.75 Å². The van der Waals surface area contributed by atoms with Gasteiger partial charge >= 0.3 is 5.97 Å². The molecule has 0 radical (unpaired) electrons. The van der Waals surface area contributed by atoms with E-state index in [9.17, 15) is 9.59 Å². The van der Waals surface area contributed by atoms with E-state index in [1.165, 1.54) is 0 Å². The Morgan fingerprint density at radius 2 is 1.80 bits per heavy atom. The Bertz CT molecular complexity index is 444. The molecule has 2 atom stereocenters. The molecule has 0 aromatic heterocycles. The molecule has 0 aliphatic heterocycles. The minimum Gasteiger partial charge on any atom is -0.481 e. The number of carboxylic acid groups (broad SMARTS) is 1. The molecular formula is C15H21NO4. The summed E-state index contributed by atoms with van der Waals surface area (Å²) in [7, 11) is 0. The Balaban J connectivity index is 2.47. The first-order chi connectivity index (χ1) is 9.40. The van der Waals surface area contributed by atoms with E-state index in [0.717, 1.165) is 0 Å². The van der Waals surface area contributed by atoms with E-state index < -0.39 is 18.1 Å². The summed E-state index contributed by atoms with van der Waals surface area (Å²) in [6, 6.07) is 9.12. The summed E-state index contributed by atoms with van der Waals surface area (Å²) in [5.41, 5.74) is 0. The molecule has 0 fully saturated rings. The lowest BCUT2D eigenvalue weighted by atomic mass is 9.92. The van der Waals surface area contributed by atoms with Crippen LogP contribution in [0.25, 0.3) is 0 Å². The van der Waals surface area contributed by atoms with E-state index in [-0.39, 0.29) is 18.2 Å². The average molecular weight is 279 g/mol. The van der Waals surface area contributed by atoms with E-state index in [0.29, 0.717) is 5.75 Å². The van der Waals surface area contributed by atoms with Crippen molar-refractivity contribution in [3.63, 3.8) is 0 Å². The molecule has 5 nitrogen and oxygen atoms in total. The number of para-hydroxylation sites is 1. The first kappa shape index (κ1) is 16.0. The molecule has 0 heterocycles. The largest absolute Gasteiger partial charge is 0.481 e. The minimum atomic E-state index is -0.952. The number of nitrogens with one attached hydrogen (secondary N) is 1. The third-order valence-electron chi connectivity index (χ3n) is 2.95. The number of amides is 1. The summed E-state index contributed by atoms with van der Waals surface area (Å²) in [5.74, 6) is -1.40. The van der Waals surface area contributed by atoms with Crippen LogP contribution in [0, 0.1) is 11.8 Å². The zero-order chi connectivity index (χ0) is 15.1. The maximum atomic E-state index is 11.8. The van der Waals surface area contributed by atoms with Crippen LogP contribution >= 0.6 is 0 Å².